The maximum Gasteiger partial charge on any atom is 0.273 e. The Bertz CT molecular complexity index is 542. The topological polar surface area (TPSA) is 62.3 Å². The number of hydrogen-bond donors (Lipinski definition) is 1. The van der Waals surface area contributed by atoms with E-state index in [-0.39, 0.29) is 17.4 Å². The molecule has 1 N–H and O–H groups in total. The molecule has 20 heavy (non-hydrogen) atoms. The quantitative estimate of drug-likeness (QED) is 0.857. The van der Waals surface area contributed by atoms with Crippen LogP contribution in [0.15, 0.2) is 5.38 Å². The highest BCUT2D eigenvalue weighted by molar-refractivity contribution is 7.09. The highest BCUT2D eigenvalue weighted by Gasteiger charge is 2.39. The third kappa shape index (κ3) is 2.57. The minimum absolute atomic E-state index is 0.0238. The number of amides is 2. The van der Waals surface area contributed by atoms with Crippen LogP contribution in [-0.2, 0) is 4.79 Å². The van der Waals surface area contributed by atoms with Crippen LogP contribution in [0.5, 0.6) is 0 Å². The van der Waals surface area contributed by atoms with Gasteiger partial charge in [0.05, 0.1) is 5.01 Å². The Morgan fingerprint density at radius 1 is 1.40 bits per heavy atom. The van der Waals surface area contributed by atoms with Crippen molar-refractivity contribution >= 4 is 23.2 Å². The molecular formula is C14H19N3O2S. The molecule has 3 rings (SSSR count). The zero-order valence-electron chi connectivity index (χ0n) is 11.6. The summed E-state index contributed by atoms with van der Waals surface area (Å²) in [6, 6.07) is 0. The molecule has 1 atom stereocenters. The Morgan fingerprint density at radius 2 is 2.25 bits per heavy atom. The fourth-order valence-corrected chi connectivity index (χ4v) is 3.76. The van der Waals surface area contributed by atoms with E-state index in [1.807, 2.05) is 17.2 Å². The van der Waals surface area contributed by atoms with E-state index in [0.29, 0.717) is 18.7 Å². The van der Waals surface area contributed by atoms with Crippen LogP contribution in [0.1, 0.15) is 47.6 Å². The highest BCUT2D eigenvalue weighted by Crippen LogP contribution is 2.31. The monoisotopic (exact) mass is 293 g/mol. The normalized spacial score (nSPS) is 26.6. The number of aromatic nitrogens is 1. The summed E-state index contributed by atoms with van der Waals surface area (Å²) in [4.78, 5) is 30.0. The number of thiazole rings is 1. The average molecular weight is 293 g/mol. The molecule has 108 valence electrons. The summed E-state index contributed by atoms with van der Waals surface area (Å²) in [6.45, 7) is 3.37. The molecule has 0 saturated carbocycles. The smallest absolute Gasteiger partial charge is 0.273 e. The van der Waals surface area contributed by atoms with Crippen LogP contribution >= 0.6 is 11.3 Å². The van der Waals surface area contributed by atoms with Crippen molar-refractivity contribution in [1.82, 2.24) is 15.2 Å². The number of carbonyl (C=O) groups is 2. The van der Waals surface area contributed by atoms with Crippen LogP contribution in [-0.4, -0.2) is 40.3 Å². The third-order valence-electron chi connectivity index (χ3n) is 4.30. The molecule has 2 aliphatic heterocycles. The van der Waals surface area contributed by atoms with Gasteiger partial charge in [0.2, 0.25) is 5.91 Å². The molecule has 3 heterocycles. The third-order valence-corrected chi connectivity index (χ3v) is 5.08. The lowest BCUT2D eigenvalue weighted by Gasteiger charge is -2.27. The molecule has 0 bridgehead atoms. The average Bonchev–Trinajstić information content (AvgIpc) is 2.93. The zero-order valence-corrected chi connectivity index (χ0v) is 12.5. The molecule has 2 fully saturated rings. The van der Waals surface area contributed by atoms with Crippen LogP contribution in [0.2, 0.25) is 0 Å². The number of aryl methyl sites for hydroxylation is 1. The molecule has 6 heteroatoms. The van der Waals surface area contributed by atoms with Crippen LogP contribution in [0, 0.1) is 6.92 Å². The lowest BCUT2D eigenvalue weighted by molar-refractivity contribution is -0.119. The fraction of sp³-hybridized carbons (Fsp3) is 0.643. The van der Waals surface area contributed by atoms with E-state index in [1.54, 1.807) is 0 Å². The summed E-state index contributed by atoms with van der Waals surface area (Å²) < 4.78 is 0. The number of nitrogens with zero attached hydrogens (tertiary/aromatic N) is 2. The van der Waals surface area contributed by atoms with E-state index < -0.39 is 0 Å². The molecule has 2 amide bonds. The lowest BCUT2D eigenvalue weighted by atomic mass is 9.89. The largest absolute Gasteiger partial charge is 0.351 e. The second-order valence-corrected chi connectivity index (χ2v) is 6.79. The van der Waals surface area contributed by atoms with Crippen molar-refractivity contribution in [2.45, 2.75) is 44.6 Å². The predicted molar refractivity (Wildman–Crippen MR) is 76.7 cm³/mol. The molecular weight excluding hydrogens is 274 g/mol. The number of likely N-dealkylation sites (tertiary alicyclic amines) is 1. The van der Waals surface area contributed by atoms with Gasteiger partial charge in [-0.05, 0) is 32.6 Å². The van der Waals surface area contributed by atoms with Crippen LogP contribution < -0.4 is 5.32 Å². The molecule has 0 aliphatic carbocycles. The summed E-state index contributed by atoms with van der Waals surface area (Å²) in [6.07, 6.45) is 4.30. The first kappa shape index (κ1) is 13.5. The van der Waals surface area contributed by atoms with Gasteiger partial charge in [-0.1, -0.05) is 0 Å². The second kappa shape index (κ2) is 5.16. The van der Waals surface area contributed by atoms with Gasteiger partial charge in [0.15, 0.2) is 0 Å². The number of hydrogen-bond acceptors (Lipinski definition) is 4. The lowest BCUT2D eigenvalue weighted by Crippen LogP contribution is -2.42. The summed E-state index contributed by atoms with van der Waals surface area (Å²) in [5, 5.41) is 5.87. The number of rotatable bonds is 1. The fourth-order valence-electron chi connectivity index (χ4n) is 3.17. The minimum Gasteiger partial charge on any atom is -0.351 e. The van der Waals surface area contributed by atoms with Gasteiger partial charge in [0, 0.05) is 30.4 Å². The first-order valence-corrected chi connectivity index (χ1v) is 7.98. The molecule has 1 unspecified atom stereocenters. The van der Waals surface area contributed by atoms with Gasteiger partial charge in [-0.2, -0.15) is 0 Å². The van der Waals surface area contributed by atoms with E-state index in [1.165, 1.54) is 11.3 Å². The van der Waals surface area contributed by atoms with E-state index in [4.69, 9.17) is 0 Å². The van der Waals surface area contributed by atoms with Crippen LogP contribution in [0.4, 0.5) is 0 Å². The van der Waals surface area contributed by atoms with Crippen molar-refractivity contribution in [1.29, 1.82) is 0 Å². The molecule has 1 spiro atoms. The van der Waals surface area contributed by atoms with Crippen LogP contribution in [0.25, 0.3) is 0 Å². The summed E-state index contributed by atoms with van der Waals surface area (Å²) in [5.74, 6) is 0.177. The Hall–Kier alpha value is -1.43. The van der Waals surface area contributed by atoms with Crippen molar-refractivity contribution in [3.05, 3.63) is 16.1 Å². The van der Waals surface area contributed by atoms with Gasteiger partial charge < -0.3 is 10.2 Å². The Balaban J connectivity index is 1.68. The molecule has 1 aromatic heterocycles. The Kier molecular flexibility index (Phi) is 3.50. The molecule has 2 aliphatic rings. The van der Waals surface area contributed by atoms with Crippen molar-refractivity contribution < 1.29 is 9.59 Å². The van der Waals surface area contributed by atoms with Gasteiger partial charge >= 0.3 is 0 Å². The van der Waals surface area contributed by atoms with Gasteiger partial charge in [-0.3, -0.25) is 9.59 Å². The molecule has 2 saturated heterocycles. The maximum atomic E-state index is 12.4. The van der Waals surface area contributed by atoms with Gasteiger partial charge in [0.1, 0.15) is 5.69 Å². The number of carbonyl (C=O) groups excluding carboxylic acids is 2. The van der Waals surface area contributed by atoms with Crippen molar-refractivity contribution in [2.24, 2.45) is 0 Å². The van der Waals surface area contributed by atoms with Crippen molar-refractivity contribution in [3.8, 4) is 0 Å². The zero-order chi connectivity index (χ0) is 14.2. The Labute approximate surface area is 122 Å². The van der Waals surface area contributed by atoms with Gasteiger partial charge in [-0.15, -0.1) is 11.3 Å². The summed E-state index contributed by atoms with van der Waals surface area (Å²) >= 11 is 1.51. The van der Waals surface area contributed by atoms with Crippen molar-refractivity contribution in [3.63, 3.8) is 0 Å². The number of nitrogens with one attached hydrogen (secondary N) is 1. The summed E-state index contributed by atoms with van der Waals surface area (Å²) in [7, 11) is 0. The maximum absolute atomic E-state index is 12.4. The SMILES string of the molecule is Cc1nc(C(=O)N2CCCC3(CCC(=O)N3)CC2)cs1. The first-order chi connectivity index (χ1) is 9.58. The second-order valence-electron chi connectivity index (χ2n) is 5.73. The first-order valence-electron chi connectivity index (χ1n) is 7.10. The van der Waals surface area contributed by atoms with E-state index in [0.717, 1.165) is 37.2 Å². The molecule has 1 aromatic rings. The van der Waals surface area contributed by atoms with Crippen molar-refractivity contribution in [2.75, 3.05) is 13.1 Å². The Morgan fingerprint density at radius 3 is 2.90 bits per heavy atom. The predicted octanol–water partition coefficient (Wildman–Crippen LogP) is 1.73. The van der Waals surface area contributed by atoms with E-state index in [9.17, 15) is 9.59 Å². The van der Waals surface area contributed by atoms with Gasteiger partial charge in [-0.25, -0.2) is 4.98 Å². The standard InChI is InChI=1S/C14H19N3O2S/c1-10-15-11(9-20-10)13(19)17-7-2-4-14(6-8-17)5-3-12(18)16-14/h9H,2-8H2,1H3,(H,16,18). The van der Waals surface area contributed by atoms with E-state index >= 15 is 0 Å². The highest BCUT2D eigenvalue weighted by atomic mass is 32.1. The molecule has 5 nitrogen and oxygen atoms in total. The summed E-state index contributed by atoms with van der Waals surface area (Å²) in [5.41, 5.74) is 0.489. The minimum atomic E-state index is -0.0654. The van der Waals surface area contributed by atoms with Gasteiger partial charge in [0.25, 0.3) is 5.91 Å². The van der Waals surface area contributed by atoms with E-state index in [2.05, 4.69) is 10.3 Å². The molecule has 0 radical (unpaired) electrons. The molecule has 0 aromatic carbocycles. The van der Waals surface area contributed by atoms with Crippen LogP contribution in [0.3, 0.4) is 0 Å².